The van der Waals surface area contributed by atoms with E-state index in [4.69, 9.17) is 0 Å². The smallest absolute Gasteiger partial charge is 0.0402 e. The summed E-state index contributed by atoms with van der Waals surface area (Å²) in [6, 6.07) is 7.23. The first kappa shape index (κ1) is 14.4. The van der Waals surface area contributed by atoms with Crippen LogP contribution in [0.15, 0.2) is 18.2 Å². The van der Waals surface area contributed by atoms with Crippen molar-refractivity contribution in [3.05, 3.63) is 29.3 Å². The molecule has 1 unspecified atom stereocenters. The standard InChI is InChI=1S/C17H28N2/c1-6-17(7-2)12-19(14(4)11-18-17)16-10-8-9-13(3)15(16)5/h8-10,14,18H,6-7,11-12H2,1-5H3. The van der Waals surface area contributed by atoms with E-state index >= 15 is 0 Å². The van der Waals surface area contributed by atoms with E-state index in [1.165, 1.54) is 29.7 Å². The number of hydrogen-bond acceptors (Lipinski definition) is 2. The summed E-state index contributed by atoms with van der Waals surface area (Å²) in [5.41, 5.74) is 4.52. The highest BCUT2D eigenvalue weighted by atomic mass is 15.3. The van der Waals surface area contributed by atoms with Gasteiger partial charge in [0.2, 0.25) is 0 Å². The molecule has 0 amide bonds. The Bertz CT molecular complexity index is 435. The highest BCUT2D eigenvalue weighted by molar-refractivity contribution is 5.57. The van der Waals surface area contributed by atoms with Gasteiger partial charge in [0.15, 0.2) is 0 Å². The van der Waals surface area contributed by atoms with Gasteiger partial charge in [0.1, 0.15) is 0 Å². The Hall–Kier alpha value is -1.02. The predicted octanol–water partition coefficient (Wildman–Crippen LogP) is 3.66. The molecule has 106 valence electrons. The molecule has 0 saturated carbocycles. The molecule has 1 aliphatic heterocycles. The Morgan fingerprint density at radius 1 is 1.26 bits per heavy atom. The van der Waals surface area contributed by atoms with Crippen LogP contribution < -0.4 is 10.2 Å². The van der Waals surface area contributed by atoms with E-state index in [9.17, 15) is 0 Å². The Balaban J connectivity index is 2.34. The maximum Gasteiger partial charge on any atom is 0.0402 e. The summed E-state index contributed by atoms with van der Waals surface area (Å²) < 4.78 is 0. The van der Waals surface area contributed by atoms with E-state index in [2.05, 4.69) is 63.0 Å². The number of rotatable bonds is 3. The Morgan fingerprint density at radius 3 is 2.58 bits per heavy atom. The van der Waals surface area contributed by atoms with Crippen LogP contribution in [0.4, 0.5) is 5.69 Å². The summed E-state index contributed by atoms with van der Waals surface area (Å²) in [4.78, 5) is 2.60. The normalized spacial score (nSPS) is 22.6. The minimum absolute atomic E-state index is 0.280. The van der Waals surface area contributed by atoms with Crippen LogP contribution in [0.2, 0.25) is 0 Å². The number of benzene rings is 1. The molecule has 1 heterocycles. The van der Waals surface area contributed by atoms with Crippen molar-refractivity contribution in [3.8, 4) is 0 Å². The largest absolute Gasteiger partial charge is 0.365 e. The van der Waals surface area contributed by atoms with E-state index in [0.29, 0.717) is 6.04 Å². The maximum absolute atomic E-state index is 3.77. The number of piperazine rings is 1. The van der Waals surface area contributed by atoms with Gasteiger partial charge in [-0.25, -0.2) is 0 Å². The maximum atomic E-state index is 3.77. The third-order valence-corrected chi connectivity index (χ3v) is 5.02. The van der Waals surface area contributed by atoms with Crippen LogP contribution in [0.5, 0.6) is 0 Å². The number of anilines is 1. The average Bonchev–Trinajstić information content (AvgIpc) is 2.43. The summed E-state index contributed by atoms with van der Waals surface area (Å²) in [5, 5.41) is 3.77. The number of hydrogen-bond donors (Lipinski definition) is 1. The highest BCUT2D eigenvalue weighted by Crippen LogP contribution is 2.30. The Kier molecular flexibility index (Phi) is 4.19. The molecule has 1 saturated heterocycles. The van der Waals surface area contributed by atoms with E-state index in [-0.39, 0.29) is 5.54 Å². The quantitative estimate of drug-likeness (QED) is 0.892. The zero-order valence-electron chi connectivity index (χ0n) is 13.1. The third-order valence-electron chi connectivity index (χ3n) is 5.02. The summed E-state index contributed by atoms with van der Waals surface area (Å²) >= 11 is 0. The van der Waals surface area contributed by atoms with Crippen LogP contribution >= 0.6 is 0 Å². The molecule has 1 N–H and O–H groups in total. The first-order valence-electron chi connectivity index (χ1n) is 7.61. The van der Waals surface area contributed by atoms with E-state index in [1.54, 1.807) is 0 Å². The zero-order valence-corrected chi connectivity index (χ0v) is 13.1. The van der Waals surface area contributed by atoms with Crippen molar-refractivity contribution in [2.24, 2.45) is 0 Å². The van der Waals surface area contributed by atoms with Gasteiger partial charge in [-0.3, -0.25) is 0 Å². The van der Waals surface area contributed by atoms with Crippen molar-refractivity contribution in [3.63, 3.8) is 0 Å². The van der Waals surface area contributed by atoms with Crippen molar-refractivity contribution < 1.29 is 0 Å². The monoisotopic (exact) mass is 260 g/mol. The lowest BCUT2D eigenvalue weighted by atomic mass is 9.88. The van der Waals surface area contributed by atoms with Crippen LogP contribution in [0, 0.1) is 13.8 Å². The average molecular weight is 260 g/mol. The van der Waals surface area contributed by atoms with Crippen LogP contribution in [0.1, 0.15) is 44.7 Å². The molecule has 1 aromatic carbocycles. The van der Waals surface area contributed by atoms with Crippen LogP contribution in [-0.2, 0) is 0 Å². The topological polar surface area (TPSA) is 15.3 Å². The van der Waals surface area contributed by atoms with E-state index in [0.717, 1.165) is 13.1 Å². The summed E-state index contributed by atoms with van der Waals surface area (Å²) in [6.45, 7) is 13.6. The molecule has 1 aromatic rings. The molecule has 1 fully saturated rings. The SMILES string of the molecule is CCC1(CC)CN(c2cccc(C)c2C)C(C)CN1. The molecule has 0 bridgehead atoms. The van der Waals surface area contributed by atoms with Gasteiger partial charge in [-0.1, -0.05) is 26.0 Å². The van der Waals surface area contributed by atoms with Gasteiger partial charge in [0, 0.05) is 30.4 Å². The van der Waals surface area contributed by atoms with Crippen molar-refractivity contribution in [2.75, 3.05) is 18.0 Å². The first-order valence-corrected chi connectivity index (χ1v) is 7.61. The minimum atomic E-state index is 0.280. The zero-order chi connectivity index (χ0) is 14.0. The Morgan fingerprint density at radius 2 is 1.95 bits per heavy atom. The van der Waals surface area contributed by atoms with Gasteiger partial charge >= 0.3 is 0 Å². The van der Waals surface area contributed by atoms with Crippen molar-refractivity contribution >= 4 is 5.69 Å². The van der Waals surface area contributed by atoms with E-state index in [1.807, 2.05) is 0 Å². The van der Waals surface area contributed by atoms with Gasteiger partial charge in [0.25, 0.3) is 0 Å². The van der Waals surface area contributed by atoms with Gasteiger partial charge in [-0.05, 0) is 50.8 Å². The van der Waals surface area contributed by atoms with Gasteiger partial charge in [-0.2, -0.15) is 0 Å². The van der Waals surface area contributed by atoms with Crippen molar-refractivity contribution in [2.45, 2.75) is 59.0 Å². The lowest BCUT2D eigenvalue weighted by Gasteiger charge is -2.48. The first-order chi connectivity index (χ1) is 9.03. The van der Waals surface area contributed by atoms with Gasteiger partial charge in [0.05, 0.1) is 0 Å². The molecule has 2 nitrogen and oxygen atoms in total. The van der Waals surface area contributed by atoms with Crippen molar-refractivity contribution in [1.29, 1.82) is 0 Å². The van der Waals surface area contributed by atoms with Crippen LogP contribution in [-0.4, -0.2) is 24.7 Å². The summed E-state index contributed by atoms with van der Waals surface area (Å²) in [5.74, 6) is 0. The van der Waals surface area contributed by atoms with Gasteiger partial charge in [-0.15, -0.1) is 0 Å². The second-order valence-electron chi connectivity index (χ2n) is 6.06. The van der Waals surface area contributed by atoms with Gasteiger partial charge < -0.3 is 10.2 Å². The van der Waals surface area contributed by atoms with Crippen LogP contribution in [0.25, 0.3) is 0 Å². The predicted molar refractivity (Wildman–Crippen MR) is 84.0 cm³/mol. The fourth-order valence-electron chi connectivity index (χ4n) is 3.11. The highest BCUT2D eigenvalue weighted by Gasteiger charge is 2.35. The molecule has 2 heteroatoms. The number of aryl methyl sites for hydroxylation is 1. The molecule has 1 aliphatic rings. The second kappa shape index (κ2) is 5.54. The van der Waals surface area contributed by atoms with Crippen LogP contribution in [0.3, 0.4) is 0 Å². The number of nitrogens with zero attached hydrogens (tertiary/aromatic N) is 1. The molecule has 2 rings (SSSR count). The summed E-state index contributed by atoms with van der Waals surface area (Å²) in [6.07, 6.45) is 2.38. The molecule has 0 aromatic heterocycles. The number of nitrogens with one attached hydrogen (secondary N) is 1. The Labute approximate surface area is 118 Å². The second-order valence-corrected chi connectivity index (χ2v) is 6.06. The molecule has 1 atom stereocenters. The summed E-state index contributed by atoms with van der Waals surface area (Å²) in [7, 11) is 0. The molecular weight excluding hydrogens is 232 g/mol. The molecular formula is C17H28N2. The minimum Gasteiger partial charge on any atom is -0.365 e. The lowest BCUT2D eigenvalue weighted by Crippen LogP contribution is -2.63. The van der Waals surface area contributed by atoms with Crippen molar-refractivity contribution in [1.82, 2.24) is 5.32 Å². The fraction of sp³-hybridized carbons (Fsp3) is 0.647. The third kappa shape index (κ3) is 2.64. The van der Waals surface area contributed by atoms with E-state index < -0.39 is 0 Å². The fourth-order valence-corrected chi connectivity index (χ4v) is 3.11. The lowest BCUT2D eigenvalue weighted by molar-refractivity contribution is 0.253. The molecule has 0 aliphatic carbocycles. The molecule has 0 radical (unpaired) electrons. The molecule has 0 spiro atoms. The molecule has 19 heavy (non-hydrogen) atoms.